The average molecular weight is 322 g/mol. The van der Waals surface area contributed by atoms with Crippen molar-refractivity contribution in [3.8, 4) is 11.5 Å². The molecule has 4 heteroatoms. The van der Waals surface area contributed by atoms with Crippen LogP contribution in [0.4, 0.5) is 0 Å². The number of aromatic hydroxyl groups is 1. The van der Waals surface area contributed by atoms with Crippen molar-refractivity contribution in [3.05, 3.63) is 71.8 Å². The van der Waals surface area contributed by atoms with Crippen molar-refractivity contribution < 1.29 is 19.4 Å². The van der Waals surface area contributed by atoms with Crippen molar-refractivity contribution in [3.63, 3.8) is 0 Å². The van der Waals surface area contributed by atoms with E-state index in [0.717, 1.165) is 11.1 Å². The largest absolute Gasteiger partial charge is 0.508 e. The van der Waals surface area contributed by atoms with Crippen LogP contribution in [0.5, 0.6) is 11.5 Å². The number of phenols is 1. The van der Waals surface area contributed by atoms with Gasteiger partial charge in [0, 0.05) is 0 Å². The molecule has 2 aromatic rings. The molecular weight excluding hydrogens is 304 g/mol. The zero-order valence-corrected chi connectivity index (χ0v) is 13.3. The van der Waals surface area contributed by atoms with Crippen molar-refractivity contribution in [2.75, 3.05) is 7.11 Å². The van der Waals surface area contributed by atoms with E-state index in [-0.39, 0.29) is 23.7 Å². The molecule has 24 heavy (non-hydrogen) atoms. The maximum absolute atomic E-state index is 11.8. The summed E-state index contributed by atoms with van der Waals surface area (Å²) in [5.41, 5.74) is 1.61. The first-order valence-electron chi connectivity index (χ1n) is 7.42. The van der Waals surface area contributed by atoms with E-state index in [1.54, 1.807) is 37.5 Å². The van der Waals surface area contributed by atoms with Crippen molar-refractivity contribution >= 4 is 23.7 Å². The van der Waals surface area contributed by atoms with Crippen molar-refractivity contribution in [2.24, 2.45) is 0 Å². The summed E-state index contributed by atoms with van der Waals surface area (Å²) in [7, 11) is 1.58. The Morgan fingerprint density at radius 1 is 0.958 bits per heavy atom. The molecule has 0 aliphatic carbocycles. The fourth-order valence-electron chi connectivity index (χ4n) is 2.00. The molecule has 0 aromatic heterocycles. The van der Waals surface area contributed by atoms with Crippen LogP contribution in [0, 0.1) is 0 Å². The van der Waals surface area contributed by atoms with E-state index in [1.165, 1.54) is 24.3 Å². The van der Waals surface area contributed by atoms with Crippen LogP contribution < -0.4 is 4.74 Å². The minimum Gasteiger partial charge on any atom is -0.508 e. The molecule has 0 aliphatic rings. The Balaban J connectivity index is 1.90. The van der Waals surface area contributed by atoms with Gasteiger partial charge in [0.1, 0.15) is 11.5 Å². The number of allylic oxidation sites excluding steroid dienone is 2. The van der Waals surface area contributed by atoms with E-state index in [0.29, 0.717) is 5.75 Å². The summed E-state index contributed by atoms with van der Waals surface area (Å²) < 4.78 is 5.11. The number of phenolic OH excluding ortho intramolecular Hbond substituents is 1. The molecule has 122 valence electrons. The second-order valence-corrected chi connectivity index (χ2v) is 5.14. The highest BCUT2D eigenvalue weighted by Gasteiger charge is 2.03. The SMILES string of the molecule is COc1cccc(C=CC(=O)CC(=O)C=Cc2ccc(O)cc2)c1. The summed E-state index contributed by atoms with van der Waals surface area (Å²) in [5, 5.41) is 9.19. The summed E-state index contributed by atoms with van der Waals surface area (Å²) >= 11 is 0. The predicted molar refractivity (Wildman–Crippen MR) is 93.8 cm³/mol. The van der Waals surface area contributed by atoms with Crippen LogP contribution in [0.1, 0.15) is 17.5 Å². The Labute approximate surface area is 140 Å². The van der Waals surface area contributed by atoms with E-state index in [2.05, 4.69) is 0 Å². The Hall–Kier alpha value is -3.14. The standard InChI is InChI=1S/C20H18O4/c1-24-20-4-2-3-16(13-20)8-12-19(23)14-18(22)11-7-15-5-9-17(21)10-6-15/h2-13,21H,14H2,1H3. The highest BCUT2D eigenvalue weighted by molar-refractivity contribution is 6.10. The van der Waals surface area contributed by atoms with Gasteiger partial charge in [-0.1, -0.05) is 36.4 Å². The minimum atomic E-state index is -0.275. The molecule has 0 atom stereocenters. The van der Waals surface area contributed by atoms with E-state index in [1.807, 2.05) is 18.2 Å². The number of hydrogen-bond donors (Lipinski definition) is 1. The topological polar surface area (TPSA) is 63.6 Å². The fraction of sp³-hybridized carbons (Fsp3) is 0.100. The van der Waals surface area contributed by atoms with Gasteiger partial charge in [0.2, 0.25) is 0 Å². The maximum Gasteiger partial charge on any atom is 0.163 e. The van der Waals surface area contributed by atoms with E-state index < -0.39 is 0 Å². The third-order valence-corrected chi connectivity index (χ3v) is 3.26. The van der Waals surface area contributed by atoms with Gasteiger partial charge < -0.3 is 9.84 Å². The Bertz CT molecular complexity index is 770. The first kappa shape index (κ1) is 17.2. The Kier molecular flexibility index (Phi) is 6.08. The van der Waals surface area contributed by atoms with Gasteiger partial charge in [0.05, 0.1) is 13.5 Å². The van der Waals surface area contributed by atoms with Crippen LogP contribution in [0.15, 0.2) is 60.7 Å². The molecule has 2 aromatic carbocycles. The van der Waals surface area contributed by atoms with Gasteiger partial charge >= 0.3 is 0 Å². The molecule has 4 nitrogen and oxygen atoms in total. The maximum atomic E-state index is 11.8. The normalized spacial score (nSPS) is 11.0. The lowest BCUT2D eigenvalue weighted by molar-refractivity contribution is -0.121. The molecule has 2 rings (SSSR count). The van der Waals surface area contributed by atoms with Gasteiger partial charge in [-0.2, -0.15) is 0 Å². The van der Waals surface area contributed by atoms with Crippen molar-refractivity contribution in [1.82, 2.24) is 0 Å². The Morgan fingerprint density at radius 2 is 1.58 bits per heavy atom. The lowest BCUT2D eigenvalue weighted by atomic mass is 10.1. The second kappa shape index (κ2) is 8.48. The van der Waals surface area contributed by atoms with Gasteiger partial charge in [0.25, 0.3) is 0 Å². The fourth-order valence-corrected chi connectivity index (χ4v) is 2.00. The third kappa shape index (κ3) is 5.57. The smallest absolute Gasteiger partial charge is 0.163 e. The molecule has 0 bridgehead atoms. The highest BCUT2D eigenvalue weighted by atomic mass is 16.5. The second-order valence-electron chi connectivity index (χ2n) is 5.14. The van der Waals surface area contributed by atoms with E-state index in [9.17, 15) is 14.7 Å². The number of carbonyl (C=O) groups excluding carboxylic acids is 2. The van der Waals surface area contributed by atoms with Crippen LogP contribution >= 0.6 is 0 Å². The van der Waals surface area contributed by atoms with E-state index in [4.69, 9.17) is 4.74 Å². The minimum absolute atomic E-state index is 0.163. The number of ether oxygens (including phenoxy) is 1. The molecule has 0 unspecified atom stereocenters. The van der Waals surface area contributed by atoms with Gasteiger partial charge in [0.15, 0.2) is 11.6 Å². The summed E-state index contributed by atoms with van der Waals surface area (Å²) in [4.78, 5) is 23.6. The number of ketones is 2. The number of benzene rings is 2. The number of carbonyl (C=O) groups is 2. The van der Waals surface area contributed by atoms with Crippen molar-refractivity contribution in [2.45, 2.75) is 6.42 Å². The first-order valence-corrected chi connectivity index (χ1v) is 7.42. The summed E-state index contributed by atoms with van der Waals surface area (Å²) in [6.07, 6.45) is 5.84. The average Bonchev–Trinajstić information content (AvgIpc) is 2.59. The molecule has 1 N–H and O–H groups in total. The lowest BCUT2D eigenvalue weighted by Gasteiger charge is -1.99. The van der Waals surface area contributed by atoms with Gasteiger partial charge in [-0.15, -0.1) is 0 Å². The zero-order chi connectivity index (χ0) is 17.4. The molecule has 0 heterocycles. The van der Waals surface area contributed by atoms with Gasteiger partial charge in [-0.25, -0.2) is 0 Å². The molecular formula is C20H18O4. The highest BCUT2D eigenvalue weighted by Crippen LogP contribution is 2.14. The summed E-state index contributed by atoms with van der Waals surface area (Å²) in [6, 6.07) is 13.7. The number of hydrogen-bond acceptors (Lipinski definition) is 4. The molecule has 0 spiro atoms. The first-order chi connectivity index (χ1) is 11.6. The van der Waals surface area contributed by atoms with Crippen LogP contribution in [0.3, 0.4) is 0 Å². The number of methoxy groups -OCH3 is 1. The van der Waals surface area contributed by atoms with Crippen molar-refractivity contribution in [1.29, 1.82) is 0 Å². The molecule has 0 aliphatic heterocycles. The monoisotopic (exact) mass is 322 g/mol. The van der Waals surface area contributed by atoms with E-state index >= 15 is 0 Å². The van der Waals surface area contributed by atoms with Crippen LogP contribution in [0.2, 0.25) is 0 Å². The third-order valence-electron chi connectivity index (χ3n) is 3.26. The predicted octanol–water partition coefficient (Wildman–Crippen LogP) is 3.66. The zero-order valence-electron chi connectivity index (χ0n) is 13.3. The summed E-state index contributed by atoms with van der Waals surface area (Å²) in [5.74, 6) is 0.329. The summed E-state index contributed by atoms with van der Waals surface area (Å²) in [6.45, 7) is 0. The van der Waals surface area contributed by atoms with Crippen LogP contribution in [0.25, 0.3) is 12.2 Å². The number of rotatable bonds is 7. The molecule has 0 fully saturated rings. The molecule has 0 saturated heterocycles. The lowest BCUT2D eigenvalue weighted by Crippen LogP contribution is -2.01. The molecule has 0 radical (unpaired) electrons. The van der Waals surface area contributed by atoms with Crippen LogP contribution in [-0.2, 0) is 9.59 Å². The molecule has 0 amide bonds. The van der Waals surface area contributed by atoms with Crippen LogP contribution in [-0.4, -0.2) is 23.8 Å². The van der Waals surface area contributed by atoms with Gasteiger partial charge in [-0.05, 0) is 47.5 Å². The van der Waals surface area contributed by atoms with Gasteiger partial charge in [-0.3, -0.25) is 9.59 Å². The quantitative estimate of drug-likeness (QED) is 0.624. The molecule has 0 saturated carbocycles. The Morgan fingerprint density at radius 3 is 2.21 bits per heavy atom.